The maximum absolute atomic E-state index is 12.4. The SMILES string of the molecule is CCc1ccc(CCC(=O)N2CCN(c3ccccn3)CC2)cc1. The number of hydrogen-bond acceptors (Lipinski definition) is 3. The highest BCUT2D eigenvalue weighted by molar-refractivity contribution is 5.76. The molecule has 0 saturated carbocycles. The summed E-state index contributed by atoms with van der Waals surface area (Å²) in [6.45, 7) is 5.43. The molecule has 1 aromatic heterocycles. The molecule has 0 N–H and O–H groups in total. The average Bonchev–Trinajstić information content (AvgIpc) is 2.67. The highest BCUT2D eigenvalue weighted by Gasteiger charge is 2.21. The molecular formula is C20H25N3O. The number of hydrogen-bond donors (Lipinski definition) is 0. The average molecular weight is 323 g/mol. The summed E-state index contributed by atoms with van der Waals surface area (Å²) in [5.41, 5.74) is 2.59. The lowest BCUT2D eigenvalue weighted by Crippen LogP contribution is -2.49. The Morgan fingerprint density at radius 3 is 2.33 bits per heavy atom. The molecule has 0 unspecified atom stereocenters. The van der Waals surface area contributed by atoms with Gasteiger partial charge in [-0.1, -0.05) is 37.3 Å². The Morgan fingerprint density at radius 1 is 1.00 bits per heavy atom. The number of benzene rings is 1. The second kappa shape index (κ2) is 7.95. The number of carbonyl (C=O) groups is 1. The highest BCUT2D eigenvalue weighted by atomic mass is 16.2. The molecule has 1 aromatic carbocycles. The van der Waals surface area contributed by atoms with E-state index in [0.29, 0.717) is 6.42 Å². The van der Waals surface area contributed by atoms with E-state index in [2.05, 4.69) is 41.1 Å². The molecule has 0 bridgehead atoms. The van der Waals surface area contributed by atoms with Crippen LogP contribution in [0.1, 0.15) is 24.5 Å². The van der Waals surface area contributed by atoms with Crippen LogP contribution in [0, 0.1) is 0 Å². The molecule has 4 nitrogen and oxygen atoms in total. The summed E-state index contributed by atoms with van der Waals surface area (Å²) in [5, 5.41) is 0. The summed E-state index contributed by atoms with van der Waals surface area (Å²) in [5.74, 6) is 1.26. The summed E-state index contributed by atoms with van der Waals surface area (Å²) >= 11 is 0. The Labute approximate surface area is 144 Å². The van der Waals surface area contributed by atoms with Crippen molar-refractivity contribution in [1.29, 1.82) is 0 Å². The molecular weight excluding hydrogens is 298 g/mol. The zero-order valence-corrected chi connectivity index (χ0v) is 14.3. The maximum atomic E-state index is 12.4. The van der Waals surface area contributed by atoms with Gasteiger partial charge in [-0.25, -0.2) is 4.98 Å². The first-order valence-corrected chi connectivity index (χ1v) is 8.78. The van der Waals surface area contributed by atoms with E-state index in [1.165, 1.54) is 11.1 Å². The molecule has 0 atom stereocenters. The first-order chi connectivity index (χ1) is 11.8. The molecule has 0 spiro atoms. The molecule has 2 heterocycles. The van der Waals surface area contributed by atoms with Crippen molar-refractivity contribution in [3.63, 3.8) is 0 Å². The van der Waals surface area contributed by atoms with Crippen LogP contribution in [0.2, 0.25) is 0 Å². The number of anilines is 1. The number of pyridine rings is 1. The van der Waals surface area contributed by atoms with Crippen LogP contribution in [0.5, 0.6) is 0 Å². The lowest BCUT2D eigenvalue weighted by molar-refractivity contribution is -0.131. The van der Waals surface area contributed by atoms with Gasteiger partial charge < -0.3 is 9.80 Å². The number of carbonyl (C=O) groups excluding carboxylic acids is 1. The third-order valence-electron chi connectivity index (χ3n) is 4.66. The van der Waals surface area contributed by atoms with Crippen molar-refractivity contribution in [2.45, 2.75) is 26.2 Å². The fraction of sp³-hybridized carbons (Fsp3) is 0.400. The Hall–Kier alpha value is -2.36. The minimum Gasteiger partial charge on any atom is -0.353 e. The van der Waals surface area contributed by atoms with Crippen molar-refractivity contribution in [2.75, 3.05) is 31.1 Å². The predicted octanol–water partition coefficient (Wildman–Crippen LogP) is 2.93. The predicted molar refractivity (Wildman–Crippen MR) is 97.2 cm³/mol. The van der Waals surface area contributed by atoms with Gasteiger partial charge in [0.25, 0.3) is 0 Å². The van der Waals surface area contributed by atoms with Crippen LogP contribution < -0.4 is 4.90 Å². The number of aryl methyl sites for hydroxylation is 2. The Bertz CT molecular complexity index is 646. The van der Waals surface area contributed by atoms with Gasteiger partial charge in [0.15, 0.2) is 0 Å². The molecule has 4 heteroatoms. The lowest BCUT2D eigenvalue weighted by atomic mass is 10.1. The van der Waals surface area contributed by atoms with Gasteiger partial charge in [-0.05, 0) is 36.1 Å². The van der Waals surface area contributed by atoms with Gasteiger partial charge >= 0.3 is 0 Å². The number of aromatic nitrogens is 1. The van der Waals surface area contributed by atoms with Crippen molar-refractivity contribution in [3.8, 4) is 0 Å². The Morgan fingerprint density at radius 2 is 1.71 bits per heavy atom. The van der Waals surface area contributed by atoms with Crippen molar-refractivity contribution >= 4 is 11.7 Å². The van der Waals surface area contributed by atoms with E-state index in [9.17, 15) is 4.79 Å². The molecule has 2 aromatic rings. The van der Waals surface area contributed by atoms with Gasteiger partial charge in [-0.2, -0.15) is 0 Å². The van der Waals surface area contributed by atoms with Gasteiger partial charge in [0.05, 0.1) is 0 Å². The number of nitrogens with zero attached hydrogens (tertiary/aromatic N) is 3. The van der Waals surface area contributed by atoms with Crippen LogP contribution in [0.4, 0.5) is 5.82 Å². The topological polar surface area (TPSA) is 36.4 Å². The number of piperazine rings is 1. The van der Waals surface area contributed by atoms with Gasteiger partial charge in [0.1, 0.15) is 5.82 Å². The smallest absolute Gasteiger partial charge is 0.223 e. The summed E-state index contributed by atoms with van der Waals surface area (Å²) < 4.78 is 0. The molecule has 1 aliphatic heterocycles. The zero-order chi connectivity index (χ0) is 16.8. The number of amides is 1. The molecule has 24 heavy (non-hydrogen) atoms. The number of rotatable bonds is 5. The van der Waals surface area contributed by atoms with Crippen LogP contribution in [0.15, 0.2) is 48.7 Å². The third kappa shape index (κ3) is 4.13. The molecule has 126 valence electrons. The molecule has 1 aliphatic rings. The Kier molecular flexibility index (Phi) is 5.47. The van der Waals surface area contributed by atoms with Crippen LogP contribution in [0.3, 0.4) is 0 Å². The molecule has 1 amide bonds. The fourth-order valence-corrected chi connectivity index (χ4v) is 3.08. The van der Waals surface area contributed by atoms with E-state index >= 15 is 0 Å². The van der Waals surface area contributed by atoms with Crippen molar-refractivity contribution in [3.05, 3.63) is 59.8 Å². The summed E-state index contributed by atoms with van der Waals surface area (Å²) in [7, 11) is 0. The van der Waals surface area contributed by atoms with Gasteiger partial charge in [0, 0.05) is 38.8 Å². The quantitative estimate of drug-likeness (QED) is 0.849. The second-order valence-electron chi connectivity index (χ2n) is 6.23. The molecule has 3 rings (SSSR count). The van der Waals surface area contributed by atoms with Gasteiger partial charge in [0.2, 0.25) is 5.91 Å². The fourth-order valence-electron chi connectivity index (χ4n) is 3.08. The Balaban J connectivity index is 1.46. The minimum atomic E-state index is 0.259. The van der Waals surface area contributed by atoms with Crippen LogP contribution >= 0.6 is 0 Å². The molecule has 0 radical (unpaired) electrons. The van der Waals surface area contributed by atoms with Crippen molar-refractivity contribution in [2.24, 2.45) is 0 Å². The van der Waals surface area contributed by atoms with E-state index in [0.717, 1.165) is 44.8 Å². The van der Waals surface area contributed by atoms with Crippen molar-refractivity contribution < 1.29 is 4.79 Å². The van der Waals surface area contributed by atoms with Gasteiger partial charge in [-0.3, -0.25) is 4.79 Å². The summed E-state index contributed by atoms with van der Waals surface area (Å²) in [6.07, 6.45) is 4.29. The van der Waals surface area contributed by atoms with Crippen molar-refractivity contribution in [1.82, 2.24) is 9.88 Å². The molecule has 1 saturated heterocycles. The van der Waals surface area contributed by atoms with Gasteiger partial charge in [-0.15, -0.1) is 0 Å². The largest absolute Gasteiger partial charge is 0.353 e. The summed E-state index contributed by atoms with van der Waals surface area (Å²) in [6, 6.07) is 14.6. The minimum absolute atomic E-state index is 0.259. The van der Waals surface area contributed by atoms with E-state index in [1.807, 2.05) is 29.3 Å². The zero-order valence-electron chi connectivity index (χ0n) is 14.3. The maximum Gasteiger partial charge on any atom is 0.223 e. The van der Waals surface area contributed by atoms with Crippen LogP contribution in [-0.2, 0) is 17.6 Å². The first kappa shape index (κ1) is 16.5. The standard InChI is InChI=1S/C20H25N3O/c1-2-17-6-8-18(9-7-17)10-11-20(24)23-15-13-22(14-16-23)19-5-3-4-12-21-19/h3-9,12H,2,10-11,13-16H2,1H3. The van der Waals surface area contributed by atoms with Crippen LogP contribution in [0.25, 0.3) is 0 Å². The normalized spacial score (nSPS) is 14.7. The van der Waals surface area contributed by atoms with E-state index in [-0.39, 0.29) is 5.91 Å². The lowest BCUT2D eigenvalue weighted by Gasteiger charge is -2.35. The van der Waals surface area contributed by atoms with E-state index < -0.39 is 0 Å². The first-order valence-electron chi connectivity index (χ1n) is 8.78. The monoisotopic (exact) mass is 323 g/mol. The highest BCUT2D eigenvalue weighted by Crippen LogP contribution is 2.14. The summed E-state index contributed by atoms with van der Waals surface area (Å²) in [4.78, 5) is 21.0. The van der Waals surface area contributed by atoms with E-state index in [1.54, 1.807) is 0 Å². The molecule has 1 fully saturated rings. The van der Waals surface area contributed by atoms with Crippen LogP contribution in [-0.4, -0.2) is 42.0 Å². The molecule has 0 aliphatic carbocycles. The second-order valence-corrected chi connectivity index (χ2v) is 6.23. The van der Waals surface area contributed by atoms with E-state index in [4.69, 9.17) is 0 Å². The third-order valence-corrected chi connectivity index (χ3v) is 4.66.